The van der Waals surface area contributed by atoms with Gasteiger partial charge in [0.1, 0.15) is 11.1 Å². The first-order valence-corrected chi connectivity index (χ1v) is 11.5. The molecule has 3 aromatic rings. The summed E-state index contributed by atoms with van der Waals surface area (Å²) in [4.78, 5) is 28.5. The molecule has 0 bridgehead atoms. The number of aromatic amines is 1. The van der Waals surface area contributed by atoms with E-state index in [2.05, 4.69) is 14.8 Å². The van der Waals surface area contributed by atoms with E-state index < -0.39 is 44.1 Å². The van der Waals surface area contributed by atoms with Gasteiger partial charge in [0, 0.05) is 12.1 Å². The third kappa shape index (κ3) is 4.86. The molecular weight excluding hydrogens is 501 g/mol. The third-order valence-electron chi connectivity index (χ3n) is 4.69. The van der Waals surface area contributed by atoms with Crippen LogP contribution in [0.1, 0.15) is 12.8 Å². The number of pyridine rings is 1. The maximum Gasteiger partial charge on any atom is 0.349 e. The van der Waals surface area contributed by atoms with Gasteiger partial charge in [0.25, 0.3) is 5.56 Å². The molecule has 4 rings (SSSR count). The Morgan fingerprint density at radius 1 is 1.15 bits per heavy atom. The van der Waals surface area contributed by atoms with Crippen LogP contribution >= 0.6 is 23.2 Å². The topological polar surface area (TPSA) is 176 Å². The zero-order chi connectivity index (χ0) is 23.9. The van der Waals surface area contributed by atoms with E-state index in [1.807, 2.05) is 4.98 Å². The van der Waals surface area contributed by atoms with Crippen molar-refractivity contribution in [3.05, 3.63) is 61.5 Å². The number of aromatic nitrogens is 4. The van der Waals surface area contributed by atoms with Gasteiger partial charge >= 0.3 is 5.69 Å². The highest BCUT2D eigenvalue weighted by Crippen LogP contribution is 2.38. The van der Waals surface area contributed by atoms with Gasteiger partial charge in [-0.15, -0.1) is 0 Å². The number of nitrogens with one attached hydrogen (secondary N) is 2. The summed E-state index contributed by atoms with van der Waals surface area (Å²) < 4.78 is 34.0. The Labute approximate surface area is 195 Å². The first-order valence-electron chi connectivity index (χ1n) is 9.29. The molecule has 12 nitrogen and oxygen atoms in total. The summed E-state index contributed by atoms with van der Waals surface area (Å²) >= 11 is 12.5. The van der Waals surface area contributed by atoms with Gasteiger partial charge < -0.3 is 14.9 Å². The van der Waals surface area contributed by atoms with Crippen molar-refractivity contribution in [1.29, 1.82) is 0 Å². The van der Waals surface area contributed by atoms with E-state index in [4.69, 9.17) is 27.9 Å². The molecule has 15 heteroatoms. The molecule has 0 aliphatic heterocycles. The van der Waals surface area contributed by atoms with E-state index in [-0.39, 0.29) is 40.2 Å². The van der Waals surface area contributed by atoms with Gasteiger partial charge in [-0.05, 0) is 25.0 Å². The van der Waals surface area contributed by atoms with E-state index in [0.717, 1.165) is 23.1 Å². The number of nitrogens with zero attached hydrogens (tertiary/aromatic N) is 3. The molecule has 1 aliphatic carbocycles. The number of hydrogen-bond donors (Lipinski definition) is 4. The predicted molar refractivity (Wildman–Crippen MR) is 116 cm³/mol. The molecule has 0 radical (unpaired) electrons. The largest absolute Gasteiger partial charge is 0.505 e. The molecule has 1 aliphatic rings. The maximum atomic E-state index is 12.6. The fourth-order valence-corrected chi connectivity index (χ4v) is 4.95. The van der Waals surface area contributed by atoms with Crippen LogP contribution in [0.25, 0.3) is 5.69 Å². The van der Waals surface area contributed by atoms with E-state index in [0.29, 0.717) is 0 Å². The third-order valence-corrected chi connectivity index (χ3v) is 6.80. The highest BCUT2D eigenvalue weighted by Gasteiger charge is 2.32. The summed E-state index contributed by atoms with van der Waals surface area (Å²) in [6.07, 6.45) is 1.74. The van der Waals surface area contributed by atoms with Crippen LogP contribution in [0, 0.1) is 0 Å². The van der Waals surface area contributed by atoms with Gasteiger partial charge in [0.2, 0.25) is 15.9 Å². The molecule has 0 unspecified atom stereocenters. The molecule has 4 N–H and O–H groups in total. The minimum Gasteiger partial charge on any atom is -0.505 e. The Hall–Kier alpha value is -2.97. The fourth-order valence-electron chi connectivity index (χ4n) is 3.06. The number of H-pyrrole nitrogens is 1. The summed E-state index contributed by atoms with van der Waals surface area (Å²) in [5, 5.41) is 22.9. The molecule has 0 atom stereocenters. The van der Waals surface area contributed by atoms with E-state index in [1.54, 1.807) is 0 Å². The SMILES string of the molecule is O=c1cnn(-c2cc(Cl)c(Oc3cc(S(=O)(=O)NC4CC(O)C4)c(O)cn3)c(Cl)c2)c(=O)[nH]1. The van der Waals surface area contributed by atoms with Crippen molar-refractivity contribution >= 4 is 33.2 Å². The summed E-state index contributed by atoms with van der Waals surface area (Å²) in [6.45, 7) is 0. The molecular formula is C18H15Cl2N5O7S. The molecule has 174 valence electrons. The van der Waals surface area contributed by atoms with Crippen molar-refractivity contribution in [2.45, 2.75) is 29.9 Å². The van der Waals surface area contributed by atoms with Crippen molar-refractivity contribution in [2.24, 2.45) is 0 Å². The molecule has 1 saturated carbocycles. The number of aliphatic hydroxyl groups is 1. The monoisotopic (exact) mass is 515 g/mol. The van der Waals surface area contributed by atoms with Crippen molar-refractivity contribution in [1.82, 2.24) is 24.5 Å². The Kier molecular flexibility index (Phi) is 6.16. The standard InChI is InChI=1S/C18H15Cl2N5O7S/c19-11-3-9(25-18(29)23-15(28)7-22-25)4-12(20)17(11)32-16-5-14(13(27)6-21-16)33(30,31)24-8-1-10(26)2-8/h3-8,10,24,26-27H,1-2H2,(H,23,28,29). The van der Waals surface area contributed by atoms with Crippen molar-refractivity contribution < 1.29 is 23.4 Å². The zero-order valence-electron chi connectivity index (χ0n) is 16.4. The number of sulfonamides is 1. The number of ether oxygens (including phenoxy) is 1. The molecule has 2 heterocycles. The van der Waals surface area contributed by atoms with Gasteiger partial charge in [-0.1, -0.05) is 23.2 Å². The second-order valence-electron chi connectivity index (χ2n) is 7.13. The number of aromatic hydroxyl groups is 1. The second-order valence-corrected chi connectivity index (χ2v) is 9.62. The van der Waals surface area contributed by atoms with Crippen LogP contribution in [0.4, 0.5) is 0 Å². The minimum atomic E-state index is -4.13. The van der Waals surface area contributed by atoms with Gasteiger partial charge in [-0.2, -0.15) is 9.78 Å². The minimum absolute atomic E-state index is 0.0711. The van der Waals surface area contributed by atoms with Crippen LogP contribution in [0.3, 0.4) is 0 Å². The molecule has 0 spiro atoms. The number of hydrogen-bond acceptors (Lipinski definition) is 9. The van der Waals surface area contributed by atoms with E-state index in [1.165, 1.54) is 12.1 Å². The summed E-state index contributed by atoms with van der Waals surface area (Å²) in [5.74, 6) is -0.945. The normalized spacial score (nSPS) is 18.0. The lowest BCUT2D eigenvalue weighted by Gasteiger charge is -2.31. The fraction of sp³-hybridized carbons (Fsp3) is 0.222. The van der Waals surface area contributed by atoms with Crippen LogP contribution in [0.15, 0.2) is 45.1 Å². The molecule has 33 heavy (non-hydrogen) atoms. The summed E-state index contributed by atoms with van der Waals surface area (Å²) in [5.41, 5.74) is -1.36. The van der Waals surface area contributed by atoms with Crippen molar-refractivity contribution in [3.63, 3.8) is 0 Å². The van der Waals surface area contributed by atoms with E-state index >= 15 is 0 Å². The van der Waals surface area contributed by atoms with Crippen LogP contribution in [0.2, 0.25) is 10.0 Å². The molecule has 1 fully saturated rings. The lowest BCUT2D eigenvalue weighted by Crippen LogP contribution is -2.46. The lowest BCUT2D eigenvalue weighted by molar-refractivity contribution is 0.0712. The Morgan fingerprint density at radius 3 is 2.42 bits per heavy atom. The Bertz CT molecular complexity index is 1430. The second kappa shape index (κ2) is 8.76. The highest BCUT2D eigenvalue weighted by molar-refractivity contribution is 7.89. The first-order chi connectivity index (χ1) is 15.5. The molecule has 1 aromatic carbocycles. The molecule has 0 amide bonds. The average molecular weight is 516 g/mol. The van der Waals surface area contributed by atoms with Crippen LogP contribution in [-0.4, -0.2) is 50.5 Å². The maximum absolute atomic E-state index is 12.6. The Balaban J connectivity index is 1.63. The van der Waals surface area contributed by atoms with E-state index in [9.17, 15) is 28.2 Å². The number of benzene rings is 1. The van der Waals surface area contributed by atoms with Gasteiger partial charge in [-0.25, -0.2) is 22.9 Å². The predicted octanol–water partition coefficient (Wildman–Crippen LogP) is 0.922. The number of aliphatic hydroxyl groups excluding tert-OH is 1. The zero-order valence-corrected chi connectivity index (χ0v) is 18.7. The summed E-state index contributed by atoms with van der Waals surface area (Å²) in [7, 11) is -4.13. The average Bonchev–Trinajstić information content (AvgIpc) is 2.70. The van der Waals surface area contributed by atoms with Crippen LogP contribution < -0.4 is 20.7 Å². The molecule has 2 aromatic heterocycles. The number of rotatable bonds is 6. The summed E-state index contributed by atoms with van der Waals surface area (Å²) in [6, 6.07) is 3.11. The van der Waals surface area contributed by atoms with Crippen molar-refractivity contribution in [3.8, 4) is 23.1 Å². The van der Waals surface area contributed by atoms with Gasteiger partial charge in [0.15, 0.2) is 11.5 Å². The molecule has 0 saturated heterocycles. The van der Waals surface area contributed by atoms with Gasteiger partial charge in [0.05, 0.1) is 28.0 Å². The smallest absolute Gasteiger partial charge is 0.349 e. The van der Waals surface area contributed by atoms with Crippen molar-refractivity contribution in [2.75, 3.05) is 0 Å². The quantitative estimate of drug-likeness (QED) is 0.371. The van der Waals surface area contributed by atoms with Crippen LogP contribution in [-0.2, 0) is 10.0 Å². The highest BCUT2D eigenvalue weighted by atomic mass is 35.5. The van der Waals surface area contributed by atoms with Crippen LogP contribution in [0.5, 0.6) is 17.4 Å². The Morgan fingerprint density at radius 2 is 1.82 bits per heavy atom. The van der Waals surface area contributed by atoms with Gasteiger partial charge in [-0.3, -0.25) is 9.78 Å². The lowest BCUT2D eigenvalue weighted by atomic mass is 9.91. The first kappa shape index (κ1) is 23.2. The number of halogens is 2.